The molecular formula is C30H37N7O3. The van der Waals surface area contributed by atoms with E-state index >= 15 is 0 Å². The zero-order valence-corrected chi connectivity index (χ0v) is 23.7. The minimum Gasteiger partial charge on any atom is -0.493 e. The fraction of sp³-hybridized carbons (Fsp3) is 0.467. The van der Waals surface area contributed by atoms with E-state index in [0.717, 1.165) is 50.2 Å². The first kappa shape index (κ1) is 26.3. The molecule has 1 saturated carbocycles. The number of pyridine rings is 1. The first-order chi connectivity index (χ1) is 19.5. The van der Waals surface area contributed by atoms with Gasteiger partial charge in [-0.25, -0.2) is 4.68 Å². The molecule has 2 aromatic carbocycles. The number of tetrazole rings is 1. The molecule has 3 heterocycles. The molecule has 2 aromatic heterocycles. The quantitative estimate of drug-likeness (QED) is 0.371. The van der Waals surface area contributed by atoms with E-state index in [9.17, 15) is 4.79 Å². The molecule has 2 aliphatic rings. The van der Waals surface area contributed by atoms with E-state index in [1.165, 1.54) is 29.7 Å². The highest BCUT2D eigenvalue weighted by Gasteiger charge is 2.35. The first-order valence-electron chi connectivity index (χ1n) is 14.1. The van der Waals surface area contributed by atoms with Gasteiger partial charge in [0.05, 0.1) is 25.8 Å². The predicted octanol–water partition coefficient (Wildman–Crippen LogP) is 4.18. The summed E-state index contributed by atoms with van der Waals surface area (Å²) in [4.78, 5) is 21.6. The largest absolute Gasteiger partial charge is 0.493 e. The number of rotatable bonds is 7. The summed E-state index contributed by atoms with van der Waals surface area (Å²) in [5.74, 6) is 1.92. The summed E-state index contributed by atoms with van der Waals surface area (Å²) in [6, 6.07) is 12.2. The molecule has 0 unspecified atom stereocenters. The van der Waals surface area contributed by atoms with Crippen LogP contribution < -0.4 is 19.9 Å². The molecule has 1 saturated heterocycles. The Labute approximate surface area is 233 Å². The van der Waals surface area contributed by atoms with Crippen molar-refractivity contribution in [3.8, 4) is 11.5 Å². The van der Waals surface area contributed by atoms with Crippen LogP contribution in [0, 0.1) is 13.8 Å². The molecule has 0 radical (unpaired) electrons. The number of aromatic nitrogens is 5. The van der Waals surface area contributed by atoms with Crippen LogP contribution in [0.15, 0.2) is 41.2 Å². The van der Waals surface area contributed by atoms with Crippen LogP contribution >= 0.6 is 0 Å². The summed E-state index contributed by atoms with van der Waals surface area (Å²) in [5, 5.41) is 14.0. The van der Waals surface area contributed by atoms with Crippen LogP contribution in [0.3, 0.4) is 0 Å². The molecule has 10 nitrogen and oxygen atoms in total. The van der Waals surface area contributed by atoms with Crippen molar-refractivity contribution in [3.05, 3.63) is 69.3 Å². The predicted molar refractivity (Wildman–Crippen MR) is 155 cm³/mol. The fourth-order valence-electron chi connectivity index (χ4n) is 6.32. The topological polar surface area (TPSA) is 101 Å². The minimum absolute atomic E-state index is 0.150. The highest BCUT2D eigenvalue weighted by molar-refractivity contribution is 5.83. The van der Waals surface area contributed by atoms with Crippen LogP contribution in [-0.2, 0) is 0 Å². The second-order valence-electron chi connectivity index (χ2n) is 11.0. The van der Waals surface area contributed by atoms with Gasteiger partial charge in [-0.1, -0.05) is 25.0 Å². The Morgan fingerprint density at radius 1 is 0.950 bits per heavy atom. The number of anilines is 1. The van der Waals surface area contributed by atoms with Crippen molar-refractivity contribution >= 4 is 16.6 Å². The summed E-state index contributed by atoms with van der Waals surface area (Å²) < 4.78 is 13.0. The van der Waals surface area contributed by atoms with Crippen LogP contribution in [0.1, 0.15) is 60.3 Å². The van der Waals surface area contributed by atoms with Crippen LogP contribution in [0.25, 0.3) is 10.9 Å². The van der Waals surface area contributed by atoms with E-state index in [-0.39, 0.29) is 17.6 Å². The Kier molecular flexibility index (Phi) is 7.18. The number of ether oxygens (including phenoxy) is 2. The highest BCUT2D eigenvalue weighted by Crippen LogP contribution is 2.36. The lowest BCUT2D eigenvalue weighted by Crippen LogP contribution is -2.49. The third-order valence-corrected chi connectivity index (χ3v) is 8.49. The maximum absolute atomic E-state index is 13.7. The van der Waals surface area contributed by atoms with E-state index < -0.39 is 0 Å². The number of fused-ring (bicyclic) bond motifs is 1. The molecule has 0 bridgehead atoms. The summed E-state index contributed by atoms with van der Waals surface area (Å²) in [5.41, 5.74) is 4.98. The van der Waals surface area contributed by atoms with Crippen molar-refractivity contribution in [2.45, 2.75) is 51.6 Å². The van der Waals surface area contributed by atoms with Gasteiger partial charge in [-0.2, -0.15) is 0 Å². The van der Waals surface area contributed by atoms with Crippen LogP contribution in [0.5, 0.6) is 11.5 Å². The second kappa shape index (κ2) is 10.9. The number of aromatic amines is 1. The average Bonchev–Trinajstić information content (AvgIpc) is 3.67. The molecule has 210 valence electrons. The van der Waals surface area contributed by atoms with Gasteiger partial charge in [-0.15, -0.1) is 5.10 Å². The molecule has 2 fully saturated rings. The van der Waals surface area contributed by atoms with E-state index in [1.807, 2.05) is 16.8 Å². The number of hydrogen-bond acceptors (Lipinski definition) is 8. The molecule has 40 heavy (non-hydrogen) atoms. The van der Waals surface area contributed by atoms with Crippen LogP contribution in [0.2, 0.25) is 0 Å². The number of methoxy groups -OCH3 is 2. The molecule has 6 rings (SSSR count). The number of piperazine rings is 1. The normalized spacial score (nSPS) is 17.4. The van der Waals surface area contributed by atoms with Crippen molar-refractivity contribution in [1.29, 1.82) is 0 Å². The third kappa shape index (κ3) is 4.81. The van der Waals surface area contributed by atoms with Crippen molar-refractivity contribution in [1.82, 2.24) is 30.1 Å². The molecule has 1 aliphatic heterocycles. The average molecular weight is 544 g/mol. The Morgan fingerprint density at radius 3 is 2.40 bits per heavy atom. The lowest BCUT2D eigenvalue weighted by molar-refractivity contribution is 0.196. The van der Waals surface area contributed by atoms with Gasteiger partial charge in [0.2, 0.25) is 0 Å². The van der Waals surface area contributed by atoms with E-state index in [2.05, 4.69) is 62.4 Å². The number of hydrogen-bond donors (Lipinski definition) is 1. The summed E-state index contributed by atoms with van der Waals surface area (Å²) >= 11 is 0. The van der Waals surface area contributed by atoms with Gasteiger partial charge < -0.3 is 19.4 Å². The molecule has 4 aromatic rings. The number of benzene rings is 2. The van der Waals surface area contributed by atoms with Gasteiger partial charge in [0.1, 0.15) is 6.04 Å². The number of nitrogens with one attached hydrogen (secondary N) is 1. The van der Waals surface area contributed by atoms with Gasteiger partial charge in [0.25, 0.3) is 5.56 Å². The highest BCUT2D eigenvalue weighted by atomic mass is 16.5. The number of H-pyrrole nitrogens is 1. The van der Waals surface area contributed by atoms with Gasteiger partial charge in [-0.05, 0) is 66.4 Å². The molecule has 0 spiro atoms. The Bertz CT molecular complexity index is 1570. The lowest BCUT2D eigenvalue weighted by atomic mass is 10.0. The maximum Gasteiger partial charge on any atom is 0.253 e. The zero-order chi connectivity index (χ0) is 27.8. The van der Waals surface area contributed by atoms with Crippen LogP contribution in [-0.4, -0.2) is 70.5 Å². The fourth-order valence-corrected chi connectivity index (χ4v) is 6.32. The SMILES string of the molecule is COc1cc2cc([C@H](c3nnnn3C3CCCC3)N3CCN(c4cc(C)ccc4C)CC3)c(=O)[nH]c2cc1OC. The van der Waals surface area contributed by atoms with Crippen LogP contribution in [0.4, 0.5) is 5.69 Å². The van der Waals surface area contributed by atoms with Crippen molar-refractivity contribution in [3.63, 3.8) is 0 Å². The van der Waals surface area contributed by atoms with E-state index in [0.29, 0.717) is 22.6 Å². The lowest BCUT2D eigenvalue weighted by Gasteiger charge is -2.40. The minimum atomic E-state index is -0.377. The summed E-state index contributed by atoms with van der Waals surface area (Å²) in [6.07, 6.45) is 4.44. The standard InChI is InChI=1S/C30H37N7O3/c1-19-9-10-20(2)25(15-19)35-11-13-36(14-12-35)28(29-32-33-34-37(29)22-7-5-6-8-22)23-16-21-17-26(39-3)27(40-4)18-24(21)31-30(23)38/h9-10,15-18,22,28H,5-8,11-14H2,1-4H3,(H,31,38)/t28-/m1/s1. The van der Waals surface area contributed by atoms with Crippen molar-refractivity contribution < 1.29 is 9.47 Å². The summed E-state index contributed by atoms with van der Waals surface area (Å²) in [7, 11) is 3.21. The molecular weight excluding hydrogens is 506 g/mol. The van der Waals surface area contributed by atoms with E-state index in [4.69, 9.17) is 9.47 Å². The Hall–Kier alpha value is -3.92. The summed E-state index contributed by atoms with van der Waals surface area (Å²) in [6.45, 7) is 7.55. The monoisotopic (exact) mass is 543 g/mol. The van der Waals surface area contributed by atoms with E-state index in [1.54, 1.807) is 20.3 Å². The molecule has 1 aliphatic carbocycles. The third-order valence-electron chi connectivity index (χ3n) is 8.49. The van der Waals surface area contributed by atoms with Gasteiger partial charge in [-0.3, -0.25) is 9.69 Å². The first-order valence-corrected chi connectivity index (χ1v) is 14.1. The molecule has 0 amide bonds. The molecule has 1 atom stereocenters. The number of nitrogens with zero attached hydrogens (tertiary/aromatic N) is 6. The zero-order valence-electron chi connectivity index (χ0n) is 23.7. The van der Waals surface area contributed by atoms with Gasteiger partial charge >= 0.3 is 0 Å². The van der Waals surface area contributed by atoms with Gasteiger partial charge in [0, 0.05) is 48.9 Å². The Balaban J connectivity index is 1.41. The number of aryl methyl sites for hydroxylation is 2. The smallest absolute Gasteiger partial charge is 0.253 e. The molecule has 10 heteroatoms. The van der Waals surface area contributed by atoms with Gasteiger partial charge in [0.15, 0.2) is 17.3 Å². The Morgan fingerprint density at radius 2 is 1.68 bits per heavy atom. The maximum atomic E-state index is 13.7. The van der Waals surface area contributed by atoms with Crippen molar-refractivity contribution in [2.75, 3.05) is 45.3 Å². The van der Waals surface area contributed by atoms with Crippen molar-refractivity contribution in [2.24, 2.45) is 0 Å². The molecule has 1 N–H and O–H groups in total. The second-order valence-corrected chi connectivity index (χ2v) is 11.0.